The van der Waals surface area contributed by atoms with Crippen molar-refractivity contribution in [1.82, 2.24) is 4.98 Å². The van der Waals surface area contributed by atoms with Crippen LogP contribution in [0, 0.1) is 5.92 Å². The molecule has 0 saturated heterocycles. The fourth-order valence-corrected chi connectivity index (χ4v) is 2.22. The summed E-state index contributed by atoms with van der Waals surface area (Å²) in [5.41, 5.74) is 1.00. The lowest BCUT2D eigenvalue weighted by Crippen LogP contribution is -2.18. The second kappa shape index (κ2) is 4.51. The molecule has 0 atom stereocenters. The monoisotopic (exact) mass is 206 g/mol. The Morgan fingerprint density at radius 1 is 1.43 bits per heavy atom. The van der Waals surface area contributed by atoms with Gasteiger partial charge in [-0.05, 0) is 25.0 Å². The molecule has 0 spiro atoms. The van der Waals surface area contributed by atoms with E-state index in [1.54, 1.807) is 12.4 Å². The first-order valence-electron chi connectivity index (χ1n) is 5.07. The van der Waals surface area contributed by atoms with Crippen molar-refractivity contribution in [3.63, 3.8) is 0 Å². The Bertz CT molecular complexity index is 304. The van der Waals surface area contributed by atoms with E-state index in [0.29, 0.717) is 5.92 Å². The third kappa shape index (κ3) is 2.29. The van der Waals surface area contributed by atoms with E-state index in [1.807, 2.05) is 12.1 Å². The summed E-state index contributed by atoms with van der Waals surface area (Å²) < 4.78 is 0. The van der Waals surface area contributed by atoms with Gasteiger partial charge in [0, 0.05) is 12.1 Å². The highest BCUT2D eigenvalue weighted by Crippen LogP contribution is 2.26. The Morgan fingerprint density at radius 3 is 2.86 bits per heavy atom. The summed E-state index contributed by atoms with van der Waals surface area (Å²) in [4.78, 5) is 5.02. The van der Waals surface area contributed by atoms with Crippen LogP contribution in [0.3, 0.4) is 0 Å². The Kier molecular flexibility index (Phi) is 3.09. The molecule has 3 heteroatoms. The van der Waals surface area contributed by atoms with E-state index in [-0.39, 0.29) is 0 Å². The van der Waals surface area contributed by atoms with Gasteiger partial charge in [0.15, 0.2) is 0 Å². The van der Waals surface area contributed by atoms with Crippen LogP contribution >= 0.6 is 12.2 Å². The number of aromatic nitrogens is 1. The van der Waals surface area contributed by atoms with Crippen LogP contribution < -0.4 is 5.32 Å². The summed E-state index contributed by atoms with van der Waals surface area (Å²) in [7, 11) is 0. The minimum absolute atomic E-state index is 0.588. The first-order valence-corrected chi connectivity index (χ1v) is 5.48. The number of thiocarbonyl (C=S) groups is 1. The van der Waals surface area contributed by atoms with Crippen molar-refractivity contribution in [2.45, 2.75) is 25.7 Å². The highest BCUT2D eigenvalue weighted by atomic mass is 32.1. The molecule has 0 aromatic carbocycles. The molecule has 1 aliphatic rings. The smallest absolute Gasteiger partial charge is 0.0829 e. The Morgan fingerprint density at radius 2 is 2.21 bits per heavy atom. The number of nitrogens with one attached hydrogen (secondary N) is 1. The number of pyridine rings is 1. The zero-order chi connectivity index (χ0) is 9.80. The van der Waals surface area contributed by atoms with Crippen LogP contribution in [-0.4, -0.2) is 9.97 Å². The Balaban J connectivity index is 1.94. The van der Waals surface area contributed by atoms with Crippen molar-refractivity contribution in [3.8, 4) is 0 Å². The lowest BCUT2D eigenvalue weighted by Gasteiger charge is -2.12. The third-order valence-corrected chi connectivity index (χ3v) is 3.09. The third-order valence-electron chi connectivity index (χ3n) is 2.66. The first kappa shape index (κ1) is 9.59. The minimum atomic E-state index is 0.588. The fraction of sp³-hybridized carbons (Fsp3) is 0.455. The normalized spacial score (nSPS) is 16.9. The van der Waals surface area contributed by atoms with Gasteiger partial charge < -0.3 is 5.32 Å². The summed E-state index contributed by atoms with van der Waals surface area (Å²) in [5, 5.41) is 3.25. The maximum atomic E-state index is 5.36. The molecule has 1 aliphatic carbocycles. The van der Waals surface area contributed by atoms with Crippen LogP contribution in [-0.2, 0) is 0 Å². The summed E-state index contributed by atoms with van der Waals surface area (Å²) in [5.74, 6) is 0.588. The SMILES string of the molecule is S=C(Nc1cccnc1)C1CCCC1. The van der Waals surface area contributed by atoms with Gasteiger partial charge in [0.25, 0.3) is 0 Å². The number of rotatable bonds is 2. The van der Waals surface area contributed by atoms with Crippen LogP contribution in [0.1, 0.15) is 25.7 Å². The molecule has 1 heterocycles. The average molecular weight is 206 g/mol. The maximum absolute atomic E-state index is 5.36. The topological polar surface area (TPSA) is 24.9 Å². The van der Waals surface area contributed by atoms with E-state index in [4.69, 9.17) is 12.2 Å². The number of hydrogen-bond donors (Lipinski definition) is 1. The molecule has 1 aromatic rings. The molecule has 1 N–H and O–H groups in total. The molecule has 14 heavy (non-hydrogen) atoms. The summed E-state index contributed by atoms with van der Waals surface area (Å²) in [6.07, 6.45) is 8.70. The second-order valence-corrected chi connectivity index (χ2v) is 4.15. The van der Waals surface area contributed by atoms with Crippen molar-refractivity contribution in [1.29, 1.82) is 0 Å². The quantitative estimate of drug-likeness (QED) is 0.753. The number of nitrogens with zero attached hydrogens (tertiary/aromatic N) is 1. The first-order chi connectivity index (χ1) is 6.86. The van der Waals surface area contributed by atoms with Crippen molar-refractivity contribution < 1.29 is 0 Å². The van der Waals surface area contributed by atoms with Gasteiger partial charge in [-0.2, -0.15) is 0 Å². The van der Waals surface area contributed by atoms with E-state index in [9.17, 15) is 0 Å². The molecule has 0 aliphatic heterocycles. The lowest BCUT2D eigenvalue weighted by atomic mass is 10.1. The highest BCUT2D eigenvalue weighted by molar-refractivity contribution is 7.80. The summed E-state index contributed by atoms with van der Waals surface area (Å²) in [6, 6.07) is 3.91. The molecule has 2 nitrogen and oxygen atoms in total. The van der Waals surface area contributed by atoms with Gasteiger partial charge in [-0.15, -0.1) is 0 Å². The van der Waals surface area contributed by atoms with Crippen LogP contribution in [0.2, 0.25) is 0 Å². The highest BCUT2D eigenvalue weighted by Gasteiger charge is 2.19. The van der Waals surface area contributed by atoms with Gasteiger partial charge in [0.05, 0.1) is 16.9 Å². The van der Waals surface area contributed by atoms with E-state index in [1.165, 1.54) is 25.7 Å². The average Bonchev–Trinajstić information content (AvgIpc) is 2.72. The molecule has 1 fully saturated rings. The van der Waals surface area contributed by atoms with Crippen molar-refractivity contribution in [3.05, 3.63) is 24.5 Å². The summed E-state index contributed by atoms with van der Waals surface area (Å²) >= 11 is 5.36. The Hall–Kier alpha value is -0.960. The number of anilines is 1. The largest absolute Gasteiger partial charge is 0.349 e. The van der Waals surface area contributed by atoms with Gasteiger partial charge in [0.1, 0.15) is 0 Å². The van der Waals surface area contributed by atoms with Crippen molar-refractivity contribution >= 4 is 22.9 Å². The molecule has 74 valence electrons. The van der Waals surface area contributed by atoms with E-state index >= 15 is 0 Å². The van der Waals surface area contributed by atoms with Crippen molar-refractivity contribution in [2.24, 2.45) is 5.92 Å². The molecule has 0 radical (unpaired) electrons. The zero-order valence-electron chi connectivity index (χ0n) is 8.07. The molecule has 0 unspecified atom stereocenters. The molecule has 1 saturated carbocycles. The van der Waals surface area contributed by atoms with Crippen LogP contribution in [0.25, 0.3) is 0 Å². The van der Waals surface area contributed by atoms with Gasteiger partial charge in [0.2, 0.25) is 0 Å². The minimum Gasteiger partial charge on any atom is -0.349 e. The van der Waals surface area contributed by atoms with Crippen molar-refractivity contribution in [2.75, 3.05) is 5.32 Å². The van der Waals surface area contributed by atoms with Crippen LogP contribution in [0.15, 0.2) is 24.5 Å². The van der Waals surface area contributed by atoms with E-state index in [2.05, 4.69) is 10.3 Å². The summed E-state index contributed by atoms with van der Waals surface area (Å²) in [6.45, 7) is 0. The molecule has 2 rings (SSSR count). The predicted molar refractivity (Wildman–Crippen MR) is 62.4 cm³/mol. The Labute approximate surface area is 89.7 Å². The van der Waals surface area contributed by atoms with Gasteiger partial charge in [-0.1, -0.05) is 25.1 Å². The van der Waals surface area contributed by atoms with Gasteiger partial charge >= 0.3 is 0 Å². The van der Waals surface area contributed by atoms with Gasteiger partial charge in [-0.25, -0.2) is 0 Å². The molecule has 0 bridgehead atoms. The van der Waals surface area contributed by atoms with E-state index < -0.39 is 0 Å². The lowest BCUT2D eigenvalue weighted by molar-refractivity contribution is 0.738. The van der Waals surface area contributed by atoms with Crippen LogP contribution in [0.4, 0.5) is 5.69 Å². The molecule has 1 aromatic heterocycles. The molecule has 0 amide bonds. The van der Waals surface area contributed by atoms with E-state index in [0.717, 1.165) is 10.7 Å². The van der Waals surface area contributed by atoms with Gasteiger partial charge in [-0.3, -0.25) is 4.98 Å². The molecular formula is C11H14N2S. The fourth-order valence-electron chi connectivity index (χ4n) is 1.87. The predicted octanol–water partition coefficient (Wildman–Crippen LogP) is 3.01. The van der Waals surface area contributed by atoms with Crippen LogP contribution in [0.5, 0.6) is 0 Å². The maximum Gasteiger partial charge on any atom is 0.0829 e. The molecular weight excluding hydrogens is 192 g/mol. The number of hydrogen-bond acceptors (Lipinski definition) is 2. The second-order valence-electron chi connectivity index (χ2n) is 3.71. The standard InChI is InChI=1S/C11H14N2S/c14-11(9-4-1-2-5-9)13-10-6-3-7-12-8-10/h3,6-9H,1-2,4-5H2,(H,13,14). The zero-order valence-corrected chi connectivity index (χ0v) is 8.89.